The Morgan fingerprint density at radius 3 is 2.51 bits per heavy atom. The molecule has 1 saturated heterocycles. The first-order valence-corrected chi connectivity index (χ1v) is 15.6. The van der Waals surface area contributed by atoms with E-state index in [1.165, 1.54) is 25.1 Å². The van der Waals surface area contributed by atoms with Crippen LogP contribution < -0.4 is 11.2 Å². The summed E-state index contributed by atoms with van der Waals surface area (Å²) < 4.78 is 58.7. The molecule has 2 unspecified atom stereocenters. The van der Waals surface area contributed by atoms with Crippen molar-refractivity contribution in [2.75, 3.05) is 6.61 Å². The van der Waals surface area contributed by atoms with Gasteiger partial charge in [0.2, 0.25) is 0 Å². The minimum atomic E-state index is -5.81. The van der Waals surface area contributed by atoms with Gasteiger partial charge in [0.1, 0.15) is 18.4 Å². The molecule has 1 aromatic heterocycles. The molecular weight excluding hydrogens is 619 g/mol. The summed E-state index contributed by atoms with van der Waals surface area (Å²) in [6.07, 6.45) is -3.09. The lowest BCUT2D eigenvalue weighted by molar-refractivity contribution is -0.0512. The molecule has 41 heavy (non-hydrogen) atoms. The number of aromatic nitrogens is 2. The van der Waals surface area contributed by atoms with Crippen LogP contribution in [0.2, 0.25) is 0 Å². The summed E-state index contributed by atoms with van der Waals surface area (Å²) in [4.78, 5) is 78.3. The maximum atomic E-state index is 13.0. The molecule has 0 bridgehead atoms. The molecule has 20 nitrogen and oxygen atoms in total. The third-order valence-electron chi connectivity index (χ3n) is 5.25. The molecular formula is C18H22N5O15P3. The number of aryl methyl sites for hydroxylation is 1. The van der Waals surface area contributed by atoms with Crippen molar-refractivity contribution < 1.29 is 60.7 Å². The second kappa shape index (κ2) is 12.9. The van der Waals surface area contributed by atoms with Crippen molar-refractivity contribution in [3.8, 4) is 0 Å². The summed E-state index contributed by atoms with van der Waals surface area (Å²) in [5.74, 6) is -0.948. The quantitative estimate of drug-likeness (QED) is 0.0721. The zero-order valence-electron chi connectivity index (χ0n) is 20.7. The van der Waals surface area contributed by atoms with Gasteiger partial charge in [0, 0.05) is 23.1 Å². The van der Waals surface area contributed by atoms with E-state index in [4.69, 9.17) is 24.8 Å². The fourth-order valence-corrected chi connectivity index (χ4v) is 6.61. The van der Waals surface area contributed by atoms with Gasteiger partial charge in [0.25, 0.3) is 5.56 Å². The molecule has 2 heterocycles. The molecule has 5 atom stereocenters. The van der Waals surface area contributed by atoms with Gasteiger partial charge in [-0.1, -0.05) is 23.3 Å². The molecule has 1 aliphatic heterocycles. The number of hydrogen-bond donors (Lipinski definition) is 5. The van der Waals surface area contributed by atoms with Crippen LogP contribution in [0.25, 0.3) is 10.4 Å². The smallest absolute Gasteiger partial charge is 0.456 e. The molecule has 2 aromatic rings. The lowest BCUT2D eigenvalue weighted by Gasteiger charge is -2.21. The minimum Gasteiger partial charge on any atom is -0.456 e. The van der Waals surface area contributed by atoms with Gasteiger partial charge in [-0.05, 0) is 24.1 Å². The summed E-state index contributed by atoms with van der Waals surface area (Å²) in [5.41, 5.74) is 7.43. The van der Waals surface area contributed by atoms with E-state index in [0.29, 0.717) is 5.56 Å². The number of carbonyl (C=O) groups excluding carboxylic acids is 1. The van der Waals surface area contributed by atoms with E-state index in [-0.39, 0.29) is 24.1 Å². The fourth-order valence-electron chi connectivity index (χ4n) is 3.58. The van der Waals surface area contributed by atoms with E-state index >= 15 is 0 Å². The third kappa shape index (κ3) is 9.28. The largest absolute Gasteiger partial charge is 0.490 e. The summed E-state index contributed by atoms with van der Waals surface area (Å²) in [6.45, 7) is 0.206. The van der Waals surface area contributed by atoms with Crippen LogP contribution in [0.1, 0.15) is 34.1 Å². The Labute approximate surface area is 228 Å². The fraction of sp³-hybridized carbons (Fsp3) is 0.389. The monoisotopic (exact) mass is 641 g/mol. The zero-order chi connectivity index (χ0) is 30.6. The number of nitrogens with one attached hydrogen (secondary N) is 1. The van der Waals surface area contributed by atoms with E-state index in [9.17, 15) is 37.9 Å². The Bertz CT molecular complexity index is 1610. The Morgan fingerprint density at radius 2 is 1.85 bits per heavy atom. The van der Waals surface area contributed by atoms with Crippen molar-refractivity contribution in [3.63, 3.8) is 0 Å². The van der Waals surface area contributed by atoms with Gasteiger partial charge in [0.15, 0.2) is 0 Å². The number of rotatable bonds is 12. The molecule has 0 saturated carbocycles. The van der Waals surface area contributed by atoms with Gasteiger partial charge < -0.3 is 29.0 Å². The van der Waals surface area contributed by atoms with Crippen LogP contribution in [0.15, 0.2) is 45.2 Å². The van der Waals surface area contributed by atoms with Crippen molar-refractivity contribution in [2.45, 2.75) is 38.3 Å². The van der Waals surface area contributed by atoms with Gasteiger partial charge in [-0.15, -0.1) is 0 Å². The zero-order valence-corrected chi connectivity index (χ0v) is 23.3. The number of ether oxygens (including phenoxy) is 2. The third-order valence-corrected chi connectivity index (χ3v) is 9.06. The SMILES string of the molecule is Cc1cn([C@H]2C[C@@H](OC(=O)c3ccccc3CN=[N+]=[N-])[C@@H](COP(=O)(O)OP(=O)(O)OP(=O)(O)O)O2)c(=O)[nH]c1=O. The Morgan fingerprint density at radius 1 is 1.17 bits per heavy atom. The van der Waals surface area contributed by atoms with Crippen LogP contribution in [0.4, 0.5) is 0 Å². The van der Waals surface area contributed by atoms with E-state index in [1.807, 2.05) is 0 Å². The summed E-state index contributed by atoms with van der Waals surface area (Å²) in [5, 5.41) is 3.40. The van der Waals surface area contributed by atoms with Crippen molar-refractivity contribution in [3.05, 3.63) is 78.4 Å². The van der Waals surface area contributed by atoms with Crippen molar-refractivity contribution >= 4 is 29.4 Å². The number of H-pyrrole nitrogens is 1. The Balaban J connectivity index is 1.85. The number of azide groups is 1. The first-order valence-electron chi connectivity index (χ1n) is 11.1. The van der Waals surface area contributed by atoms with Crippen LogP contribution >= 0.6 is 23.5 Å². The topological polar surface area (TPSA) is 299 Å². The number of benzene rings is 1. The number of esters is 1. The molecule has 3 rings (SSSR count). The first-order chi connectivity index (χ1) is 19.0. The predicted octanol–water partition coefficient (Wildman–Crippen LogP) is 1.51. The van der Waals surface area contributed by atoms with E-state index in [1.54, 1.807) is 6.07 Å². The molecule has 0 aliphatic carbocycles. The van der Waals surface area contributed by atoms with Crippen molar-refractivity contribution in [2.24, 2.45) is 5.11 Å². The Hall–Kier alpha value is -2.95. The van der Waals surface area contributed by atoms with E-state index in [2.05, 4.69) is 28.2 Å². The predicted molar refractivity (Wildman–Crippen MR) is 133 cm³/mol. The van der Waals surface area contributed by atoms with Crippen LogP contribution in [-0.4, -0.2) is 53.9 Å². The van der Waals surface area contributed by atoms with Gasteiger partial charge in [-0.2, -0.15) is 8.62 Å². The second-order valence-corrected chi connectivity index (χ2v) is 12.6. The summed E-state index contributed by atoms with van der Waals surface area (Å²) in [6, 6.07) is 5.94. The number of carbonyl (C=O) groups is 1. The molecule has 1 aromatic carbocycles. The van der Waals surface area contributed by atoms with Crippen LogP contribution in [0, 0.1) is 6.92 Å². The lowest BCUT2D eigenvalue weighted by Crippen LogP contribution is -2.33. The highest BCUT2D eigenvalue weighted by molar-refractivity contribution is 7.66. The molecule has 23 heteroatoms. The number of nitrogens with zero attached hydrogens (tertiary/aromatic N) is 4. The highest BCUT2D eigenvalue weighted by Crippen LogP contribution is 2.66. The van der Waals surface area contributed by atoms with Gasteiger partial charge in [-0.3, -0.25) is 18.9 Å². The number of phosphoric ester groups is 1. The van der Waals surface area contributed by atoms with E-state index < -0.39 is 65.7 Å². The second-order valence-electron chi connectivity index (χ2n) is 8.22. The number of phosphoric acid groups is 3. The van der Waals surface area contributed by atoms with Crippen LogP contribution in [0.3, 0.4) is 0 Å². The highest BCUT2D eigenvalue weighted by atomic mass is 31.3. The summed E-state index contributed by atoms with van der Waals surface area (Å²) >= 11 is 0. The number of hydrogen-bond acceptors (Lipinski definition) is 12. The Kier molecular flexibility index (Phi) is 10.3. The summed E-state index contributed by atoms with van der Waals surface area (Å²) in [7, 11) is -17.0. The van der Waals surface area contributed by atoms with Gasteiger partial charge >= 0.3 is 35.1 Å². The maximum absolute atomic E-state index is 13.0. The molecule has 224 valence electrons. The normalized spacial score (nSPS) is 21.8. The van der Waals surface area contributed by atoms with E-state index in [0.717, 1.165) is 10.8 Å². The average Bonchev–Trinajstić information content (AvgIpc) is 3.23. The van der Waals surface area contributed by atoms with Crippen LogP contribution in [-0.2, 0) is 42.9 Å². The molecule has 1 aliphatic rings. The molecule has 0 amide bonds. The average molecular weight is 641 g/mol. The van der Waals surface area contributed by atoms with Crippen molar-refractivity contribution in [1.29, 1.82) is 0 Å². The molecule has 0 spiro atoms. The molecule has 0 radical (unpaired) electrons. The van der Waals surface area contributed by atoms with Crippen molar-refractivity contribution in [1.82, 2.24) is 9.55 Å². The molecule has 5 N–H and O–H groups in total. The van der Waals surface area contributed by atoms with Gasteiger partial charge in [0.05, 0.1) is 18.7 Å². The standard InChI is InChI=1S/C18H22N5O15P3/c1-10-8-23(18(26)21-16(10)24)15-6-13(36-17(25)12-5-3-2-4-11(12)7-20-22-19)14(35-15)9-34-40(30,31)38-41(32,33)37-39(27,28)29/h2-5,8,13-15H,6-7,9H2,1H3,(H,30,31)(H,32,33)(H,21,24,26)(H2,27,28,29)/t13-,14-,15-/m1/s1. The van der Waals surface area contributed by atoms with Gasteiger partial charge in [-0.25, -0.2) is 23.3 Å². The molecule has 1 fully saturated rings. The highest BCUT2D eigenvalue weighted by Gasteiger charge is 2.44. The minimum absolute atomic E-state index is 0.00737. The number of aromatic amines is 1. The maximum Gasteiger partial charge on any atom is 0.490 e. The lowest BCUT2D eigenvalue weighted by atomic mass is 10.1. The van der Waals surface area contributed by atoms with Crippen LogP contribution in [0.5, 0.6) is 0 Å². The first kappa shape index (κ1) is 32.6.